The fraction of sp³-hybridized carbons (Fsp3) is 0.500. The number of nitrogens with zero attached hydrogens (tertiary/aromatic N) is 1. The molecule has 1 saturated carbocycles. The van der Waals surface area contributed by atoms with E-state index in [9.17, 15) is 0 Å². The van der Waals surface area contributed by atoms with Crippen LogP contribution in [0.4, 0.5) is 11.4 Å². The summed E-state index contributed by atoms with van der Waals surface area (Å²) in [5.41, 5.74) is 8.30. The Labute approximate surface area is 103 Å². The van der Waals surface area contributed by atoms with E-state index >= 15 is 0 Å². The summed E-state index contributed by atoms with van der Waals surface area (Å²) in [7, 11) is 0. The molecular weight excluding hydrogens is 210 g/mol. The van der Waals surface area contributed by atoms with Gasteiger partial charge in [-0.3, -0.25) is 0 Å². The predicted octanol–water partition coefficient (Wildman–Crippen LogP) is 2.99. The molecule has 1 aromatic rings. The first-order valence-corrected chi connectivity index (χ1v) is 5.87. The Bertz CT molecular complexity index is 481. The standard InChI is InChI=1S/C14H19N3/c1-13(2)12(14(13,3)4)17-11-6-5-10(16)7-9(11)8-15/h5-7,12,17H,16H2,1-4H3. The molecule has 0 heterocycles. The van der Waals surface area contributed by atoms with Crippen molar-refractivity contribution in [1.29, 1.82) is 5.26 Å². The van der Waals surface area contributed by atoms with E-state index in [1.54, 1.807) is 6.07 Å². The van der Waals surface area contributed by atoms with Crippen LogP contribution in [0.15, 0.2) is 18.2 Å². The highest BCUT2D eigenvalue weighted by Gasteiger charge is 2.64. The summed E-state index contributed by atoms with van der Waals surface area (Å²) in [4.78, 5) is 0. The van der Waals surface area contributed by atoms with Gasteiger partial charge in [-0.25, -0.2) is 0 Å². The highest BCUT2D eigenvalue weighted by Crippen LogP contribution is 2.63. The van der Waals surface area contributed by atoms with Crippen molar-refractivity contribution in [3.05, 3.63) is 23.8 Å². The normalized spacial score (nSPS) is 20.6. The van der Waals surface area contributed by atoms with Gasteiger partial charge >= 0.3 is 0 Å². The van der Waals surface area contributed by atoms with E-state index < -0.39 is 0 Å². The zero-order valence-corrected chi connectivity index (χ0v) is 10.8. The molecule has 0 amide bonds. The third kappa shape index (κ3) is 1.64. The van der Waals surface area contributed by atoms with E-state index in [1.165, 1.54) is 0 Å². The van der Waals surface area contributed by atoms with Gasteiger partial charge in [-0.15, -0.1) is 0 Å². The molecule has 3 heteroatoms. The van der Waals surface area contributed by atoms with Gasteiger partial charge in [0.25, 0.3) is 0 Å². The molecule has 1 aromatic carbocycles. The largest absolute Gasteiger partial charge is 0.399 e. The molecule has 17 heavy (non-hydrogen) atoms. The molecule has 0 atom stereocenters. The van der Waals surface area contributed by atoms with Crippen molar-refractivity contribution < 1.29 is 0 Å². The number of nitrogen functional groups attached to an aromatic ring is 1. The summed E-state index contributed by atoms with van der Waals surface area (Å²) in [6.07, 6.45) is 0. The van der Waals surface area contributed by atoms with Crippen LogP contribution in [0.2, 0.25) is 0 Å². The summed E-state index contributed by atoms with van der Waals surface area (Å²) < 4.78 is 0. The number of benzene rings is 1. The zero-order valence-electron chi connectivity index (χ0n) is 10.8. The number of anilines is 2. The van der Waals surface area contributed by atoms with E-state index in [1.807, 2.05) is 12.1 Å². The van der Waals surface area contributed by atoms with Gasteiger partial charge in [0.05, 0.1) is 11.3 Å². The van der Waals surface area contributed by atoms with Gasteiger partial charge in [0.15, 0.2) is 0 Å². The third-order valence-corrected chi connectivity index (χ3v) is 4.48. The average Bonchev–Trinajstić information content (AvgIpc) is 2.63. The summed E-state index contributed by atoms with van der Waals surface area (Å²) in [6.45, 7) is 8.98. The lowest BCUT2D eigenvalue weighted by Crippen LogP contribution is -2.11. The minimum Gasteiger partial charge on any atom is -0.399 e. The molecule has 1 aliphatic rings. The maximum Gasteiger partial charge on any atom is 0.101 e. The lowest BCUT2D eigenvalue weighted by molar-refractivity contribution is 0.457. The lowest BCUT2D eigenvalue weighted by Gasteiger charge is -2.10. The van der Waals surface area contributed by atoms with E-state index in [2.05, 4.69) is 39.1 Å². The summed E-state index contributed by atoms with van der Waals surface area (Å²) in [6, 6.07) is 8.00. The van der Waals surface area contributed by atoms with Crippen LogP contribution >= 0.6 is 0 Å². The van der Waals surface area contributed by atoms with Crippen LogP contribution in [-0.4, -0.2) is 6.04 Å². The fourth-order valence-corrected chi connectivity index (χ4v) is 2.49. The molecule has 0 spiro atoms. The van der Waals surface area contributed by atoms with Gasteiger partial charge in [-0.2, -0.15) is 5.26 Å². The van der Waals surface area contributed by atoms with Crippen LogP contribution in [0, 0.1) is 22.2 Å². The lowest BCUT2D eigenvalue weighted by atomic mass is 10.0. The van der Waals surface area contributed by atoms with Crippen LogP contribution in [-0.2, 0) is 0 Å². The van der Waals surface area contributed by atoms with Crippen LogP contribution in [0.3, 0.4) is 0 Å². The Balaban J connectivity index is 2.25. The second-order valence-corrected chi connectivity index (χ2v) is 5.94. The predicted molar refractivity (Wildman–Crippen MR) is 70.5 cm³/mol. The molecule has 1 fully saturated rings. The molecule has 0 unspecified atom stereocenters. The fourth-order valence-electron chi connectivity index (χ4n) is 2.49. The molecule has 0 aromatic heterocycles. The highest BCUT2D eigenvalue weighted by molar-refractivity contribution is 5.64. The summed E-state index contributed by atoms with van der Waals surface area (Å²) >= 11 is 0. The Morgan fingerprint density at radius 1 is 1.24 bits per heavy atom. The number of hydrogen-bond donors (Lipinski definition) is 2. The van der Waals surface area contributed by atoms with E-state index in [0.29, 0.717) is 17.3 Å². The molecule has 2 rings (SSSR count). The van der Waals surface area contributed by atoms with Gasteiger partial charge in [-0.1, -0.05) is 27.7 Å². The minimum atomic E-state index is 0.251. The first kappa shape index (κ1) is 11.8. The molecule has 3 nitrogen and oxygen atoms in total. The smallest absolute Gasteiger partial charge is 0.101 e. The highest BCUT2D eigenvalue weighted by atomic mass is 15.0. The second-order valence-electron chi connectivity index (χ2n) is 5.94. The van der Waals surface area contributed by atoms with Gasteiger partial charge in [0, 0.05) is 11.7 Å². The Hall–Kier alpha value is -1.69. The first-order valence-electron chi connectivity index (χ1n) is 5.87. The van der Waals surface area contributed by atoms with Crippen LogP contribution in [0.1, 0.15) is 33.3 Å². The molecule has 3 N–H and O–H groups in total. The quantitative estimate of drug-likeness (QED) is 0.766. The van der Waals surface area contributed by atoms with Crippen LogP contribution in [0.25, 0.3) is 0 Å². The number of nitriles is 1. The van der Waals surface area contributed by atoms with Crippen molar-refractivity contribution in [1.82, 2.24) is 0 Å². The number of nitrogens with two attached hydrogens (primary N) is 1. The molecular formula is C14H19N3. The van der Waals surface area contributed by atoms with E-state index in [0.717, 1.165) is 5.69 Å². The molecule has 0 saturated heterocycles. The van der Waals surface area contributed by atoms with E-state index in [4.69, 9.17) is 11.0 Å². The Morgan fingerprint density at radius 2 is 1.82 bits per heavy atom. The molecule has 0 bridgehead atoms. The maximum atomic E-state index is 9.09. The van der Waals surface area contributed by atoms with Gasteiger partial charge in [0.1, 0.15) is 6.07 Å². The van der Waals surface area contributed by atoms with Crippen molar-refractivity contribution in [3.63, 3.8) is 0 Å². The number of rotatable bonds is 2. The van der Waals surface area contributed by atoms with Crippen molar-refractivity contribution in [2.45, 2.75) is 33.7 Å². The van der Waals surface area contributed by atoms with Gasteiger partial charge in [0.2, 0.25) is 0 Å². The molecule has 1 aliphatic carbocycles. The topological polar surface area (TPSA) is 61.8 Å². The summed E-state index contributed by atoms with van der Waals surface area (Å²) in [5, 5.41) is 12.6. The monoisotopic (exact) mass is 229 g/mol. The van der Waals surface area contributed by atoms with Crippen molar-refractivity contribution in [2.24, 2.45) is 10.8 Å². The Kier molecular flexibility index (Phi) is 2.36. The van der Waals surface area contributed by atoms with Crippen LogP contribution < -0.4 is 11.1 Å². The minimum absolute atomic E-state index is 0.251. The average molecular weight is 229 g/mol. The number of hydrogen-bond acceptors (Lipinski definition) is 3. The van der Waals surface area contributed by atoms with Crippen molar-refractivity contribution in [2.75, 3.05) is 11.1 Å². The van der Waals surface area contributed by atoms with E-state index in [-0.39, 0.29) is 10.8 Å². The first-order chi connectivity index (χ1) is 7.80. The maximum absolute atomic E-state index is 9.09. The van der Waals surface area contributed by atoms with Crippen molar-refractivity contribution in [3.8, 4) is 6.07 Å². The molecule has 0 radical (unpaired) electrons. The van der Waals surface area contributed by atoms with Crippen molar-refractivity contribution >= 4 is 11.4 Å². The summed E-state index contributed by atoms with van der Waals surface area (Å²) in [5.74, 6) is 0. The van der Waals surface area contributed by atoms with Gasteiger partial charge in [-0.05, 0) is 29.0 Å². The SMILES string of the molecule is CC1(C)C(Nc2ccc(N)cc2C#N)C1(C)C. The molecule has 0 aliphatic heterocycles. The third-order valence-electron chi connectivity index (χ3n) is 4.48. The second kappa shape index (κ2) is 3.40. The Morgan fingerprint density at radius 3 is 2.29 bits per heavy atom. The number of nitrogens with one attached hydrogen (secondary N) is 1. The van der Waals surface area contributed by atoms with Gasteiger partial charge < -0.3 is 11.1 Å². The molecule has 90 valence electrons. The zero-order chi connectivity index (χ0) is 12.8. The van der Waals surface area contributed by atoms with Crippen LogP contribution in [0.5, 0.6) is 0 Å².